The second kappa shape index (κ2) is 4.30. The zero-order valence-electron chi connectivity index (χ0n) is 5.89. The molecule has 0 radical (unpaired) electrons. The molecular weight excluding hydrogens is 119 g/mol. The average molecular weight is 132 g/mol. The second-order valence-corrected chi connectivity index (χ2v) is 2.01. The molecule has 9 heavy (non-hydrogen) atoms. The fourth-order valence-electron chi connectivity index (χ4n) is 0.409. The van der Waals surface area contributed by atoms with Gasteiger partial charge in [-0.3, -0.25) is 4.99 Å². The van der Waals surface area contributed by atoms with Gasteiger partial charge in [0.1, 0.15) is 12.5 Å². The van der Waals surface area contributed by atoms with Gasteiger partial charge in [-0.05, 0) is 13.3 Å². The molecule has 54 valence electrons. The van der Waals surface area contributed by atoms with Crippen LogP contribution in [0.2, 0.25) is 0 Å². The largest absolute Gasteiger partial charge is 0.385 e. The molecule has 0 aliphatic rings. The summed E-state index contributed by atoms with van der Waals surface area (Å²) in [5.41, 5.74) is 5.12. The summed E-state index contributed by atoms with van der Waals surface area (Å²) in [6.07, 6.45) is 0.903. The fourth-order valence-corrected chi connectivity index (χ4v) is 0.409. The second-order valence-electron chi connectivity index (χ2n) is 2.01. The van der Waals surface area contributed by atoms with Crippen LogP contribution in [0.15, 0.2) is 4.99 Å². The van der Waals surface area contributed by atoms with Gasteiger partial charge in [0, 0.05) is 6.04 Å². The molecule has 0 heterocycles. The molecule has 0 aromatic carbocycles. The Morgan fingerprint density at radius 3 is 2.67 bits per heavy atom. The first-order chi connectivity index (χ1) is 4.20. The van der Waals surface area contributed by atoms with E-state index in [0.717, 1.165) is 6.42 Å². The van der Waals surface area contributed by atoms with Crippen molar-refractivity contribution in [3.8, 4) is 0 Å². The third-order valence-corrected chi connectivity index (χ3v) is 1.11. The van der Waals surface area contributed by atoms with Gasteiger partial charge in [-0.15, -0.1) is 0 Å². The zero-order valence-corrected chi connectivity index (χ0v) is 5.89. The molecule has 3 heteroatoms. The SMILES string of the molecule is CCC(C)N=C(N)CF. The van der Waals surface area contributed by atoms with Gasteiger partial charge in [0.2, 0.25) is 0 Å². The lowest BCUT2D eigenvalue weighted by molar-refractivity contribution is 0.573. The van der Waals surface area contributed by atoms with Crippen molar-refractivity contribution in [2.24, 2.45) is 10.7 Å². The lowest BCUT2D eigenvalue weighted by Gasteiger charge is -2.00. The van der Waals surface area contributed by atoms with Gasteiger partial charge in [0.15, 0.2) is 0 Å². The monoisotopic (exact) mass is 132 g/mol. The molecule has 0 saturated heterocycles. The number of amidine groups is 1. The number of hydrogen-bond donors (Lipinski definition) is 1. The van der Waals surface area contributed by atoms with E-state index in [2.05, 4.69) is 4.99 Å². The molecule has 0 spiro atoms. The van der Waals surface area contributed by atoms with Crippen molar-refractivity contribution in [2.45, 2.75) is 26.3 Å². The van der Waals surface area contributed by atoms with E-state index in [0.29, 0.717) is 0 Å². The Kier molecular flexibility index (Phi) is 4.01. The zero-order chi connectivity index (χ0) is 7.28. The molecule has 0 aliphatic heterocycles. The number of alkyl halides is 1. The van der Waals surface area contributed by atoms with Crippen molar-refractivity contribution in [1.82, 2.24) is 0 Å². The lowest BCUT2D eigenvalue weighted by atomic mass is 10.3. The molecule has 0 amide bonds. The quantitative estimate of drug-likeness (QED) is 0.453. The Bertz CT molecular complexity index is 101. The topological polar surface area (TPSA) is 38.4 Å². The molecule has 0 fully saturated rings. The fraction of sp³-hybridized carbons (Fsp3) is 0.833. The Balaban J connectivity index is 3.64. The predicted molar refractivity (Wildman–Crippen MR) is 37.4 cm³/mol. The van der Waals surface area contributed by atoms with Crippen molar-refractivity contribution in [2.75, 3.05) is 6.67 Å². The van der Waals surface area contributed by atoms with E-state index in [4.69, 9.17) is 5.73 Å². The van der Waals surface area contributed by atoms with Crippen LogP contribution in [0, 0.1) is 0 Å². The summed E-state index contributed by atoms with van der Waals surface area (Å²) >= 11 is 0. The van der Waals surface area contributed by atoms with Crippen molar-refractivity contribution < 1.29 is 4.39 Å². The smallest absolute Gasteiger partial charge is 0.146 e. The standard InChI is InChI=1S/C6H13FN2/c1-3-5(2)9-6(8)4-7/h5H,3-4H2,1-2H3,(H2,8,9). The van der Waals surface area contributed by atoms with Crippen LogP contribution in [0.1, 0.15) is 20.3 Å². The normalized spacial score (nSPS) is 15.7. The van der Waals surface area contributed by atoms with Crippen molar-refractivity contribution in [3.05, 3.63) is 0 Å². The van der Waals surface area contributed by atoms with Crippen LogP contribution < -0.4 is 5.73 Å². The summed E-state index contributed by atoms with van der Waals surface area (Å²) < 4.78 is 11.6. The summed E-state index contributed by atoms with van der Waals surface area (Å²) in [5.74, 6) is 0.101. The Hall–Kier alpha value is -0.600. The minimum Gasteiger partial charge on any atom is -0.385 e. The first-order valence-corrected chi connectivity index (χ1v) is 3.08. The van der Waals surface area contributed by atoms with Crippen molar-refractivity contribution in [3.63, 3.8) is 0 Å². The maximum absolute atomic E-state index is 11.6. The van der Waals surface area contributed by atoms with Crippen LogP contribution in [0.5, 0.6) is 0 Å². The van der Waals surface area contributed by atoms with E-state index in [1.165, 1.54) is 0 Å². The van der Waals surface area contributed by atoms with E-state index in [1.54, 1.807) is 0 Å². The lowest BCUT2D eigenvalue weighted by Crippen LogP contribution is -2.16. The summed E-state index contributed by atoms with van der Waals surface area (Å²) in [6, 6.07) is 0.153. The molecule has 0 bridgehead atoms. The molecule has 0 aromatic rings. The van der Waals surface area contributed by atoms with Crippen molar-refractivity contribution >= 4 is 5.84 Å². The molecule has 0 rings (SSSR count). The number of halogens is 1. The summed E-state index contributed by atoms with van der Waals surface area (Å²) in [6.45, 7) is 3.26. The van der Waals surface area contributed by atoms with Crippen LogP contribution in [0.25, 0.3) is 0 Å². The van der Waals surface area contributed by atoms with Gasteiger partial charge in [-0.25, -0.2) is 4.39 Å². The Labute approximate surface area is 55.0 Å². The third-order valence-electron chi connectivity index (χ3n) is 1.11. The van der Waals surface area contributed by atoms with Crippen LogP contribution in [-0.2, 0) is 0 Å². The van der Waals surface area contributed by atoms with E-state index in [-0.39, 0.29) is 11.9 Å². The van der Waals surface area contributed by atoms with Gasteiger partial charge in [-0.2, -0.15) is 0 Å². The molecule has 2 N–H and O–H groups in total. The Morgan fingerprint density at radius 2 is 2.33 bits per heavy atom. The number of aliphatic imine (C=N–C) groups is 1. The molecule has 0 aromatic heterocycles. The molecular formula is C6H13FN2. The average Bonchev–Trinajstić information content (AvgIpc) is 1.87. The highest BCUT2D eigenvalue weighted by atomic mass is 19.1. The van der Waals surface area contributed by atoms with E-state index in [9.17, 15) is 4.39 Å². The number of nitrogens with two attached hydrogens (primary N) is 1. The molecule has 0 aliphatic carbocycles. The number of rotatable bonds is 3. The highest BCUT2D eigenvalue weighted by Gasteiger charge is 1.94. The molecule has 1 unspecified atom stereocenters. The third kappa shape index (κ3) is 3.94. The molecule has 2 nitrogen and oxygen atoms in total. The number of nitrogens with zero attached hydrogens (tertiary/aromatic N) is 1. The van der Waals surface area contributed by atoms with Gasteiger partial charge < -0.3 is 5.73 Å². The van der Waals surface area contributed by atoms with Crippen LogP contribution in [0.3, 0.4) is 0 Å². The van der Waals surface area contributed by atoms with E-state index >= 15 is 0 Å². The number of hydrogen-bond acceptors (Lipinski definition) is 1. The molecule has 1 atom stereocenters. The van der Waals surface area contributed by atoms with E-state index < -0.39 is 6.67 Å². The van der Waals surface area contributed by atoms with Crippen LogP contribution in [0.4, 0.5) is 4.39 Å². The highest BCUT2D eigenvalue weighted by molar-refractivity contribution is 5.81. The first kappa shape index (κ1) is 8.40. The maximum Gasteiger partial charge on any atom is 0.146 e. The first-order valence-electron chi connectivity index (χ1n) is 3.08. The summed E-state index contributed by atoms with van der Waals surface area (Å²) in [5, 5.41) is 0. The minimum atomic E-state index is -0.635. The predicted octanol–water partition coefficient (Wildman–Crippen LogP) is 1.11. The minimum absolute atomic E-state index is 0.101. The summed E-state index contributed by atoms with van der Waals surface area (Å²) in [7, 11) is 0. The van der Waals surface area contributed by atoms with Crippen molar-refractivity contribution in [1.29, 1.82) is 0 Å². The van der Waals surface area contributed by atoms with Gasteiger partial charge in [0.25, 0.3) is 0 Å². The summed E-state index contributed by atoms with van der Waals surface area (Å²) in [4.78, 5) is 3.83. The molecule has 0 saturated carbocycles. The Morgan fingerprint density at radius 1 is 1.78 bits per heavy atom. The maximum atomic E-state index is 11.6. The van der Waals surface area contributed by atoms with Crippen LogP contribution in [-0.4, -0.2) is 18.6 Å². The van der Waals surface area contributed by atoms with Crippen LogP contribution >= 0.6 is 0 Å². The van der Waals surface area contributed by atoms with E-state index in [1.807, 2.05) is 13.8 Å². The van der Waals surface area contributed by atoms with Gasteiger partial charge >= 0.3 is 0 Å². The van der Waals surface area contributed by atoms with Gasteiger partial charge in [-0.1, -0.05) is 6.92 Å². The van der Waals surface area contributed by atoms with Gasteiger partial charge in [0.05, 0.1) is 0 Å². The highest BCUT2D eigenvalue weighted by Crippen LogP contribution is 1.93.